The minimum atomic E-state index is -0.372. The first-order valence-corrected chi connectivity index (χ1v) is 12.3. The van der Waals surface area contributed by atoms with Gasteiger partial charge in [-0.1, -0.05) is 42.5 Å². The second-order valence-corrected chi connectivity index (χ2v) is 9.86. The highest BCUT2D eigenvalue weighted by atomic mass is 19.1. The van der Waals surface area contributed by atoms with Crippen molar-refractivity contribution in [3.05, 3.63) is 111 Å². The van der Waals surface area contributed by atoms with Crippen molar-refractivity contribution in [3.63, 3.8) is 0 Å². The summed E-state index contributed by atoms with van der Waals surface area (Å²) in [6, 6.07) is 20.8. The van der Waals surface area contributed by atoms with Gasteiger partial charge in [0.25, 0.3) is 11.6 Å². The molecular formula is C29H32FN3O3. The summed E-state index contributed by atoms with van der Waals surface area (Å²) in [7, 11) is 0. The van der Waals surface area contributed by atoms with Crippen LogP contribution in [0.5, 0.6) is 0 Å². The average Bonchev–Trinajstić information content (AvgIpc) is 3.24. The van der Waals surface area contributed by atoms with Crippen molar-refractivity contribution >= 4 is 11.6 Å². The normalized spacial score (nSPS) is 17.9. The first-order chi connectivity index (χ1) is 17.2. The summed E-state index contributed by atoms with van der Waals surface area (Å²) in [5, 5.41) is 11.6. The maximum atomic E-state index is 13.4. The fourth-order valence-electron chi connectivity index (χ4n) is 5.23. The Hall–Kier alpha value is -3.58. The predicted octanol–water partition coefficient (Wildman–Crippen LogP) is 5.81. The van der Waals surface area contributed by atoms with E-state index in [9.17, 15) is 19.3 Å². The lowest BCUT2D eigenvalue weighted by atomic mass is 9.86. The third-order valence-electron chi connectivity index (χ3n) is 7.09. The summed E-state index contributed by atoms with van der Waals surface area (Å²) in [5.41, 5.74) is 3.72. The lowest BCUT2D eigenvalue weighted by Gasteiger charge is -2.32. The second kappa shape index (κ2) is 11.0. The molecule has 36 heavy (non-hydrogen) atoms. The third-order valence-corrected chi connectivity index (χ3v) is 7.09. The Morgan fingerprint density at radius 3 is 2.39 bits per heavy atom. The van der Waals surface area contributed by atoms with Gasteiger partial charge in [-0.2, -0.15) is 0 Å². The van der Waals surface area contributed by atoms with E-state index in [0.717, 1.165) is 6.54 Å². The number of rotatable bonds is 8. The van der Waals surface area contributed by atoms with Crippen molar-refractivity contribution < 1.29 is 14.1 Å². The molecule has 1 heterocycles. The van der Waals surface area contributed by atoms with Crippen LogP contribution in [0, 0.1) is 28.8 Å². The number of carbonyl (C=O) groups excluding carboxylic acids is 1. The average molecular weight is 490 g/mol. The topological polar surface area (TPSA) is 66.7 Å². The van der Waals surface area contributed by atoms with Gasteiger partial charge in [0.2, 0.25) is 0 Å². The molecule has 1 amide bonds. The maximum Gasteiger partial charge on any atom is 0.273 e. The number of aryl methyl sites for hydroxylation is 1. The van der Waals surface area contributed by atoms with E-state index in [1.165, 1.54) is 35.4 Å². The molecule has 0 saturated carbocycles. The van der Waals surface area contributed by atoms with Crippen LogP contribution in [0.15, 0.2) is 72.8 Å². The van der Waals surface area contributed by atoms with Gasteiger partial charge in [-0.05, 0) is 62.1 Å². The molecular weight excluding hydrogens is 457 g/mol. The first-order valence-electron chi connectivity index (χ1n) is 12.3. The van der Waals surface area contributed by atoms with Crippen LogP contribution in [0.3, 0.4) is 0 Å². The van der Waals surface area contributed by atoms with Crippen molar-refractivity contribution in [3.8, 4) is 0 Å². The second-order valence-electron chi connectivity index (χ2n) is 9.86. The molecule has 3 aromatic rings. The number of nitro benzene ring substituents is 1. The molecule has 188 valence electrons. The van der Waals surface area contributed by atoms with Crippen molar-refractivity contribution in [2.75, 3.05) is 19.6 Å². The van der Waals surface area contributed by atoms with Crippen LogP contribution in [0.2, 0.25) is 0 Å². The van der Waals surface area contributed by atoms with Gasteiger partial charge in [0.05, 0.1) is 4.92 Å². The van der Waals surface area contributed by atoms with Gasteiger partial charge in [-0.15, -0.1) is 0 Å². The predicted molar refractivity (Wildman–Crippen MR) is 138 cm³/mol. The highest BCUT2D eigenvalue weighted by molar-refractivity contribution is 5.94. The van der Waals surface area contributed by atoms with Gasteiger partial charge in [0, 0.05) is 55.3 Å². The smallest absolute Gasteiger partial charge is 0.273 e. The SMILES string of the molecule is Cc1ccccc1[C@H]1CN(Cc2ccccc2[N+](=O)[O-])C[C@H]1CN(C(=O)c1ccc(F)cc1)C(C)C. The quantitative estimate of drug-likeness (QED) is 0.296. The van der Waals surface area contributed by atoms with E-state index in [2.05, 4.69) is 24.0 Å². The summed E-state index contributed by atoms with van der Waals surface area (Å²) >= 11 is 0. The molecule has 0 unspecified atom stereocenters. The molecule has 3 aromatic carbocycles. The number of nitrogens with zero attached hydrogens (tertiary/aromatic N) is 3. The number of hydrogen-bond acceptors (Lipinski definition) is 4. The zero-order chi connectivity index (χ0) is 25.8. The van der Waals surface area contributed by atoms with Crippen molar-refractivity contribution in [2.45, 2.75) is 39.3 Å². The van der Waals surface area contributed by atoms with Gasteiger partial charge in [0.1, 0.15) is 5.82 Å². The lowest BCUT2D eigenvalue weighted by Crippen LogP contribution is -2.42. The molecule has 0 radical (unpaired) electrons. The molecule has 1 fully saturated rings. The van der Waals surface area contributed by atoms with Crippen LogP contribution in [0.25, 0.3) is 0 Å². The third kappa shape index (κ3) is 5.62. The highest BCUT2D eigenvalue weighted by Gasteiger charge is 2.37. The van der Waals surface area contributed by atoms with Crippen molar-refractivity contribution in [1.82, 2.24) is 9.80 Å². The van der Waals surface area contributed by atoms with Gasteiger partial charge < -0.3 is 4.90 Å². The number of hydrogen-bond donors (Lipinski definition) is 0. The van der Waals surface area contributed by atoms with E-state index < -0.39 is 0 Å². The van der Waals surface area contributed by atoms with Crippen molar-refractivity contribution in [2.24, 2.45) is 5.92 Å². The van der Waals surface area contributed by atoms with E-state index in [0.29, 0.717) is 30.8 Å². The number of amides is 1. The molecule has 0 aromatic heterocycles. The number of benzene rings is 3. The zero-order valence-electron chi connectivity index (χ0n) is 20.9. The van der Waals surface area contributed by atoms with Crippen LogP contribution < -0.4 is 0 Å². The summed E-state index contributed by atoms with van der Waals surface area (Å²) in [4.78, 5) is 28.7. The zero-order valence-corrected chi connectivity index (χ0v) is 20.9. The molecule has 6 nitrogen and oxygen atoms in total. The minimum Gasteiger partial charge on any atom is -0.336 e. The van der Waals surface area contributed by atoms with Crippen LogP contribution in [0.1, 0.15) is 46.8 Å². The van der Waals surface area contributed by atoms with Gasteiger partial charge >= 0.3 is 0 Å². The fraction of sp³-hybridized carbons (Fsp3) is 0.345. The van der Waals surface area contributed by atoms with E-state index in [1.807, 2.05) is 43.0 Å². The summed E-state index contributed by atoms with van der Waals surface area (Å²) in [6.07, 6.45) is 0. The monoisotopic (exact) mass is 489 g/mol. The van der Waals surface area contributed by atoms with Crippen LogP contribution >= 0.6 is 0 Å². The van der Waals surface area contributed by atoms with E-state index >= 15 is 0 Å². The molecule has 7 heteroatoms. The fourth-order valence-corrected chi connectivity index (χ4v) is 5.23. The van der Waals surface area contributed by atoms with Gasteiger partial charge in [-0.25, -0.2) is 4.39 Å². The maximum absolute atomic E-state index is 13.4. The van der Waals surface area contributed by atoms with E-state index in [-0.39, 0.29) is 40.2 Å². The lowest BCUT2D eigenvalue weighted by molar-refractivity contribution is -0.385. The summed E-state index contributed by atoms with van der Waals surface area (Å²) in [6.45, 7) is 8.56. The summed E-state index contributed by atoms with van der Waals surface area (Å²) in [5.74, 6) is -0.175. The molecule has 1 saturated heterocycles. The number of halogens is 1. The minimum absolute atomic E-state index is 0.0377. The molecule has 0 N–H and O–H groups in total. The number of nitro groups is 1. The Labute approximate surface area is 211 Å². The molecule has 2 atom stereocenters. The van der Waals surface area contributed by atoms with Crippen LogP contribution in [-0.4, -0.2) is 46.3 Å². The first kappa shape index (κ1) is 25.5. The van der Waals surface area contributed by atoms with Crippen LogP contribution in [-0.2, 0) is 6.54 Å². The van der Waals surface area contributed by atoms with Crippen molar-refractivity contribution in [1.29, 1.82) is 0 Å². The highest BCUT2D eigenvalue weighted by Crippen LogP contribution is 2.37. The van der Waals surface area contributed by atoms with E-state index in [1.54, 1.807) is 12.1 Å². The Bertz CT molecular complexity index is 1230. The largest absolute Gasteiger partial charge is 0.336 e. The Balaban J connectivity index is 1.62. The standard InChI is InChI=1S/C29H32FN3O3/c1-20(2)32(29(34)22-12-14-25(30)15-13-22)18-24-17-31(16-23-9-5-7-11-28(23)33(35)36)19-27(24)26-10-6-4-8-21(26)3/h4-15,20,24,27H,16-19H2,1-3H3/t24-,27-/m0/s1. The molecule has 0 spiro atoms. The van der Waals surface area contributed by atoms with E-state index in [4.69, 9.17) is 0 Å². The molecule has 4 rings (SSSR count). The Morgan fingerprint density at radius 2 is 1.72 bits per heavy atom. The number of para-hydroxylation sites is 1. The Kier molecular flexibility index (Phi) is 7.79. The molecule has 1 aliphatic heterocycles. The molecule has 1 aliphatic rings. The molecule has 0 bridgehead atoms. The van der Waals surface area contributed by atoms with Gasteiger partial charge in [-0.3, -0.25) is 19.8 Å². The van der Waals surface area contributed by atoms with Crippen LogP contribution in [0.4, 0.5) is 10.1 Å². The van der Waals surface area contributed by atoms with Gasteiger partial charge in [0.15, 0.2) is 0 Å². The Morgan fingerprint density at radius 1 is 1.06 bits per heavy atom. The number of carbonyl (C=O) groups is 1. The summed E-state index contributed by atoms with van der Waals surface area (Å²) < 4.78 is 13.4. The molecule has 0 aliphatic carbocycles. The number of likely N-dealkylation sites (tertiary alicyclic amines) is 1.